The van der Waals surface area contributed by atoms with Gasteiger partial charge in [0, 0.05) is 24.2 Å². The topological polar surface area (TPSA) is 46.3 Å². The Bertz CT molecular complexity index is 569. The Morgan fingerprint density at radius 3 is 2.84 bits per heavy atom. The highest BCUT2D eigenvalue weighted by Gasteiger charge is 2.15. The van der Waals surface area contributed by atoms with Crippen molar-refractivity contribution >= 4 is 38.9 Å². The largest absolute Gasteiger partial charge is 0.398 e. The molecule has 0 aliphatic carbocycles. The molecule has 0 aliphatic heterocycles. The second kappa shape index (κ2) is 6.21. The van der Waals surface area contributed by atoms with E-state index < -0.39 is 0 Å². The maximum absolute atomic E-state index is 12.3. The highest BCUT2D eigenvalue weighted by Crippen LogP contribution is 2.24. The molecular weight excluding hydrogens is 324 g/mol. The van der Waals surface area contributed by atoms with Gasteiger partial charge in [0.15, 0.2) is 0 Å². The van der Waals surface area contributed by atoms with Crippen LogP contribution in [0.1, 0.15) is 15.2 Å². The van der Waals surface area contributed by atoms with Gasteiger partial charge in [-0.05, 0) is 45.9 Å². The summed E-state index contributed by atoms with van der Waals surface area (Å²) < 4.78 is 0.669. The van der Waals surface area contributed by atoms with Gasteiger partial charge in [0.1, 0.15) is 0 Å². The zero-order valence-electron chi connectivity index (χ0n) is 10.6. The van der Waals surface area contributed by atoms with Crippen molar-refractivity contribution in [1.29, 1.82) is 0 Å². The molecule has 0 spiro atoms. The van der Waals surface area contributed by atoms with Crippen molar-refractivity contribution in [3.8, 4) is 0 Å². The molecule has 0 aliphatic rings. The van der Waals surface area contributed by atoms with Crippen molar-refractivity contribution in [3.63, 3.8) is 0 Å². The fourth-order valence-corrected chi connectivity index (χ4v) is 2.89. The molecule has 19 heavy (non-hydrogen) atoms. The first kappa shape index (κ1) is 14.1. The number of carbonyl (C=O) groups is 1. The van der Waals surface area contributed by atoms with Crippen molar-refractivity contribution < 1.29 is 4.79 Å². The monoisotopic (exact) mass is 338 g/mol. The van der Waals surface area contributed by atoms with Crippen LogP contribution in [0.25, 0.3) is 0 Å². The number of carbonyl (C=O) groups excluding carboxylic acids is 1. The quantitative estimate of drug-likeness (QED) is 0.868. The summed E-state index contributed by atoms with van der Waals surface area (Å²) in [6.07, 6.45) is 0.875. The average molecular weight is 339 g/mol. The minimum Gasteiger partial charge on any atom is -0.398 e. The van der Waals surface area contributed by atoms with E-state index in [-0.39, 0.29) is 5.91 Å². The van der Waals surface area contributed by atoms with Crippen LogP contribution in [0.2, 0.25) is 0 Å². The Balaban J connectivity index is 2.04. The van der Waals surface area contributed by atoms with E-state index in [9.17, 15) is 4.79 Å². The first-order valence-electron chi connectivity index (χ1n) is 5.91. The standard InChI is InChI=1S/C14H15BrN2OS/c1-17(8-7-10-4-3-9-19-10)14(18)11-5-2-6-12(16)13(11)15/h2-6,9H,7-8,16H2,1H3. The Labute approximate surface area is 125 Å². The molecule has 0 saturated heterocycles. The van der Waals surface area contributed by atoms with Crippen LogP contribution in [-0.4, -0.2) is 24.4 Å². The highest BCUT2D eigenvalue weighted by molar-refractivity contribution is 9.10. The summed E-state index contributed by atoms with van der Waals surface area (Å²) in [6.45, 7) is 0.695. The molecule has 0 atom stereocenters. The molecule has 0 saturated carbocycles. The molecule has 0 unspecified atom stereocenters. The summed E-state index contributed by atoms with van der Waals surface area (Å²) in [5.41, 5.74) is 6.98. The summed E-state index contributed by atoms with van der Waals surface area (Å²) in [6, 6.07) is 9.45. The first-order chi connectivity index (χ1) is 9.09. The maximum atomic E-state index is 12.3. The van der Waals surface area contributed by atoms with E-state index >= 15 is 0 Å². The van der Waals surface area contributed by atoms with Crippen molar-refractivity contribution in [3.05, 3.63) is 50.6 Å². The number of hydrogen-bond donors (Lipinski definition) is 1. The predicted molar refractivity (Wildman–Crippen MR) is 83.5 cm³/mol. The molecule has 2 N–H and O–H groups in total. The third-order valence-corrected chi connectivity index (χ3v) is 4.70. The minimum absolute atomic E-state index is 0.0178. The number of hydrogen-bond acceptors (Lipinski definition) is 3. The lowest BCUT2D eigenvalue weighted by Crippen LogP contribution is -2.29. The van der Waals surface area contributed by atoms with E-state index in [1.807, 2.05) is 18.5 Å². The summed E-state index contributed by atoms with van der Waals surface area (Å²) in [7, 11) is 1.81. The molecule has 1 amide bonds. The van der Waals surface area contributed by atoms with Gasteiger partial charge in [0.05, 0.1) is 10.0 Å². The molecule has 2 aromatic rings. The summed E-state index contributed by atoms with van der Waals surface area (Å²) >= 11 is 5.08. The molecule has 1 aromatic carbocycles. The molecule has 1 heterocycles. The Kier molecular flexibility index (Phi) is 4.61. The van der Waals surface area contributed by atoms with Crippen LogP contribution < -0.4 is 5.73 Å². The van der Waals surface area contributed by atoms with Crippen LogP contribution in [0.3, 0.4) is 0 Å². The summed E-state index contributed by atoms with van der Waals surface area (Å²) in [5.74, 6) is -0.0178. The van der Waals surface area contributed by atoms with Gasteiger partial charge in [-0.15, -0.1) is 11.3 Å². The fourth-order valence-electron chi connectivity index (χ4n) is 1.75. The van der Waals surface area contributed by atoms with Crippen LogP contribution in [0.15, 0.2) is 40.2 Å². The van der Waals surface area contributed by atoms with Gasteiger partial charge < -0.3 is 10.6 Å². The number of halogens is 1. The van der Waals surface area contributed by atoms with Gasteiger partial charge in [-0.3, -0.25) is 4.79 Å². The summed E-state index contributed by atoms with van der Waals surface area (Å²) in [5, 5.41) is 2.05. The Hall–Kier alpha value is -1.33. The van der Waals surface area contributed by atoms with Crippen LogP contribution >= 0.6 is 27.3 Å². The molecular formula is C14H15BrN2OS. The third kappa shape index (κ3) is 3.36. The zero-order chi connectivity index (χ0) is 13.8. The van der Waals surface area contributed by atoms with Crippen LogP contribution in [0, 0.1) is 0 Å². The molecule has 5 heteroatoms. The number of nitrogens with two attached hydrogens (primary N) is 1. The molecule has 100 valence electrons. The summed E-state index contributed by atoms with van der Waals surface area (Å²) in [4.78, 5) is 15.3. The van der Waals surface area contributed by atoms with E-state index in [1.54, 1.807) is 34.4 Å². The molecule has 3 nitrogen and oxygen atoms in total. The van der Waals surface area contributed by atoms with Gasteiger partial charge in [0.2, 0.25) is 0 Å². The number of likely N-dealkylation sites (N-methyl/N-ethyl adjacent to an activating group) is 1. The second-order valence-electron chi connectivity index (χ2n) is 4.26. The van der Waals surface area contributed by atoms with E-state index in [1.165, 1.54) is 4.88 Å². The van der Waals surface area contributed by atoms with Gasteiger partial charge in [-0.25, -0.2) is 0 Å². The molecule has 2 rings (SSSR count). The number of thiophene rings is 1. The Morgan fingerprint density at radius 1 is 1.37 bits per heavy atom. The van der Waals surface area contributed by atoms with Crippen LogP contribution in [0.5, 0.6) is 0 Å². The first-order valence-corrected chi connectivity index (χ1v) is 7.58. The number of amides is 1. The average Bonchev–Trinajstić information content (AvgIpc) is 2.91. The Morgan fingerprint density at radius 2 is 2.16 bits per heavy atom. The SMILES string of the molecule is CN(CCc1cccs1)C(=O)c1cccc(N)c1Br. The fraction of sp³-hybridized carbons (Fsp3) is 0.214. The van der Waals surface area contributed by atoms with Gasteiger partial charge in [-0.2, -0.15) is 0 Å². The van der Waals surface area contributed by atoms with Gasteiger partial charge >= 0.3 is 0 Å². The van der Waals surface area contributed by atoms with E-state index in [4.69, 9.17) is 5.73 Å². The maximum Gasteiger partial charge on any atom is 0.254 e. The van der Waals surface area contributed by atoms with E-state index in [0.717, 1.165) is 6.42 Å². The molecule has 0 radical (unpaired) electrons. The molecule has 0 fully saturated rings. The minimum atomic E-state index is -0.0178. The van der Waals surface area contributed by atoms with E-state index in [0.29, 0.717) is 22.3 Å². The van der Waals surface area contributed by atoms with Crippen molar-refractivity contribution in [2.75, 3.05) is 19.3 Å². The van der Waals surface area contributed by atoms with Crippen LogP contribution in [-0.2, 0) is 6.42 Å². The number of nitrogen functional groups attached to an aromatic ring is 1. The van der Waals surface area contributed by atoms with Gasteiger partial charge in [-0.1, -0.05) is 12.1 Å². The lowest BCUT2D eigenvalue weighted by molar-refractivity contribution is 0.0796. The number of benzene rings is 1. The highest BCUT2D eigenvalue weighted by atomic mass is 79.9. The van der Waals surface area contributed by atoms with Crippen molar-refractivity contribution in [2.45, 2.75) is 6.42 Å². The lowest BCUT2D eigenvalue weighted by atomic mass is 10.1. The van der Waals surface area contributed by atoms with Crippen LogP contribution in [0.4, 0.5) is 5.69 Å². The van der Waals surface area contributed by atoms with E-state index in [2.05, 4.69) is 22.0 Å². The molecule has 1 aromatic heterocycles. The predicted octanol–water partition coefficient (Wildman–Crippen LogP) is 3.41. The third-order valence-electron chi connectivity index (χ3n) is 2.88. The van der Waals surface area contributed by atoms with Crippen molar-refractivity contribution in [2.24, 2.45) is 0 Å². The zero-order valence-corrected chi connectivity index (χ0v) is 13.0. The number of nitrogens with zero attached hydrogens (tertiary/aromatic N) is 1. The van der Waals surface area contributed by atoms with Gasteiger partial charge in [0.25, 0.3) is 5.91 Å². The van der Waals surface area contributed by atoms with Crippen molar-refractivity contribution in [1.82, 2.24) is 4.90 Å². The number of anilines is 1. The second-order valence-corrected chi connectivity index (χ2v) is 6.09. The lowest BCUT2D eigenvalue weighted by Gasteiger charge is -2.18. The molecule has 0 bridgehead atoms. The normalized spacial score (nSPS) is 10.4. The number of rotatable bonds is 4. The smallest absolute Gasteiger partial charge is 0.254 e.